The van der Waals surface area contributed by atoms with E-state index >= 15 is 0 Å². The normalized spacial score (nSPS) is 10.9. The van der Waals surface area contributed by atoms with E-state index in [1.807, 2.05) is 18.2 Å². The summed E-state index contributed by atoms with van der Waals surface area (Å²) in [5.41, 5.74) is 1.38. The van der Waals surface area contributed by atoms with Crippen molar-refractivity contribution < 1.29 is 4.79 Å². The van der Waals surface area contributed by atoms with E-state index in [2.05, 4.69) is 10.3 Å². The molecule has 1 N–H and O–H groups in total. The molecule has 0 atom stereocenters. The summed E-state index contributed by atoms with van der Waals surface area (Å²) >= 11 is 20.7. The fourth-order valence-corrected chi connectivity index (χ4v) is 4.32. The van der Waals surface area contributed by atoms with E-state index in [9.17, 15) is 4.79 Å². The molecule has 3 rings (SSSR count). The van der Waals surface area contributed by atoms with Crippen LogP contribution >= 0.6 is 57.9 Å². The maximum atomic E-state index is 12.0. The maximum Gasteiger partial charge on any atom is 0.234 e. The molecule has 1 heterocycles. The fraction of sp³-hybridized carbons (Fsp3) is 0.0667. The molecule has 8 heteroatoms. The minimum Gasteiger partial charge on any atom is -0.324 e. The van der Waals surface area contributed by atoms with Crippen LogP contribution in [-0.4, -0.2) is 16.6 Å². The number of nitrogens with one attached hydrogen (secondary N) is 1. The standard InChI is InChI=1S/C15H9Cl3N2OS2/c16-8-1-3-11(10(18)5-8)19-14(21)7-22-15-20-12-6-9(17)2-4-13(12)23-15/h1-6H,7H2,(H,19,21). The Kier molecular flexibility index (Phi) is 5.34. The number of carbonyl (C=O) groups excluding carboxylic acids is 1. The molecule has 0 aliphatic carbocycles. The van der Waals surface area contributed by atoms with Crippen molar-refractivity contribution >= 4 is 79.7 Å². The second kappa shape index (κ2) is 7.28. The van der Waals surface area contributed by atoms with Crippen LogP contribution in [0.15, 0.2) is 40.7 Å². The number of hydrogen-bond donors (Lipinski definition) is 1. The Hall–Kier alpha value is -0.980. The van der Waals surface area contributed by atoms with Crippen molar-refractivity contribution in [2.24, 2.45) is 0 Å². The first-order chi connectivity index (χ1) is 11.0. The topological polar surface area (TPSA) is 42.0 Å². The number of anilines is 1. The lowest BCUT2D eigenvalue weighted by Gasteiger charge is -2.06. The van der Waals surface area contributed by atoms with Gasteiger partial charge >= 0.3 is 0 Å². The van der Waals surface area contributed by atoms with Crippen LogP contribution in [0, 0.1) is 0 Å². The summed E-state index contributed by atoms with van der Waals surface area (Å²) in [6, 6.07) is 10.5. The summed E-state index contributed by atoms with van der Waals surface area (Å²) in [4.78, 5) is 16.5. The third-order valence-electron chi connectivity index (χ3n) is 2.86. The first-order valence-electron chi connectivity index (χ1n) is 6.45. The lowest BCUT2D eigenvalue weighted by atomic mass is 10.3. The summed E-state index contributed by atoms with van der Waals surface area (Å²) in [6.45, 7) is 0. The van der Waals surface area contributed by atoms with Crippen LogP contribution in [0.25, 0.3) is 10.2 Å². The van der Waals surface area contributed by atoms with Crippen LogP contribution in [0.4, 0.5) is 5.69 Å². The molecular weight excluding hydrogens is 395 g/mol. The van der Waals surface area contributed by atoms with Crippen LogP contribution in [0.2, 0.25) is 15.1 Å². The Morgan fingerprint density at radius 3 is 2.65 bits per heavy atom. The van der Waals surface area contributed by atoms with Crippen molar-refractivity contribution in [3.8, 4) is 0 Å². The molecule has 0 saturated heterocycles. The van der Waals surface area contributed by atoms with Gasteiger partial charge in [0.1, 0.15) is 0 Å². The van der Waals surface area contributed by atoms with Gasteiger partial charge in [0.05, 0.1) is 26.7 Å². The third kappa shape index (κ3) is 4.31. The number of carbonyl (C=O) groups is 1. The van der Waals surface area contributed by atoms with E-state index in [4.69, 9.17) is 34.8 Å². The van der Waals surface area contributed by atoms with Crippen molar-refractivity contribution in [2.75, 3.05) is 11.1 Å². The highest BCUT2D eigenvalue weighted by molar-refractivity contribution is 8.01. The van der Waals surface area contributed by atoms with E-state index in [0.717, 1.165) is 14.6 Å². The number of benzene rings is 2. The van der Waals surface area contributed by atoms with Gasteiger partial charge in [0.15, 0.2) is 4.34 Å². The molecule has 0 fully saturated rings. The van der Waals surface area contributed by atoms with Gasteiger partial charge in [0.2, 0.25) is 5.91 Å². The Labute approximate surface area is 156 Å². The molecule has 1 aromatic heterocycles. The van der Waals surface area contributed by atoms with E-state index in [1.54, 1.807) is 18.2 Å². The van der Waals surface area contributed by atoms with E-state index in [1.165, 1.54) is 23.1 Å². The first-order valence-corrected chi connectivity index (χ1v) is 9.38. The van der Waals surface area contributed by atoms with Crippen molar-refractivity contribution in [2.45, 2.75) is 4.34 Å². The van der Waals surface area contributed by atoms with Crippen LogP contribution in [0.5, 0.6) is 0 Å². The minimum absolute atomic E-state index is 0.156. The van der Waals surface area contributed by atoms with Gasteiger partial charge in [0, 0.05) is 10.0 Å². The quantitative estimate of drug-likeness (QED) is 0.544. The molecule has 0 unspecified atom stereocenters. The largest absolute Gasteiger partial charge is 0.324 e. The number of aromatic nitrogens is 1. The first kappa shape index (κ1) is 16.9. The average Bonchev–Trinajstić information content (AvgIpc) is 2.90. The zero-order chi connectivity index (χ0) is 16.4. The highest BCUT2D eigenvalue weighted by atomic mass is 35.5. The van der Waals surface area contributed by atoms with Crippen LogP contribution in [0.3, 0.4) is 0 Å². The maximum absolute atomic E-state index is 12.0. The minimum atomic E-state index is -0.156. The average molecular weight is 404 g/mol. The fourth-order valence-electron chi connectivity index (χ4n) is 1.85. The Balaban J connectivity index is 1.63. The van der Waals surface area contributed by atoms with Gasteiger partial charge in [-0.3, -0.25) is 4.79 Å². The molecule has 23 heavy (non-hydrogen) atoms. The molecule has 118 valence electrons. The summed E-state index contributed by atoms with van der Waals surface area (Å²) in [5, 5.41) is 4.34. The van der Waals surface area contributed by atoms with Crippen LogP contribution in [0.1, 0.15) is 0 Å². The van der Waals surface area contributed by atoms with E-state index in [-0.39, 0.29) is 11.7 Å². The van der Waals surface area contributed by atoms with Gasteiger partial charge in [-0.1, -0.05) is 46.6 Å². The van der Waals surface area contributed by atoms with E-state index < -0.39 is 0 Å². The molecule has 0 radical (unpaired) electrons. The van der Waals surface area contributed by atoms with Crippen LogP contribution < -0.4 is 5.32 Å². The van der Waals surface area contributed by atoms with Gasteiger partial charge in [-0.2, -0.15) is 0 Å². The highest BCUT2D eigenvalue weighted by Gasteiger charge is 2.10. The van der Waals surface area contributed by atoms with Gasteiger partial charge in [-0.05, 0) is 36.4 Å². The Morgan fingerprint density at radius 2 is 1.87 bits per heavy atom. The molecular formula is C15H9Cl3N2OS2. The molecule has 0 bridgehead atoms. The zero-order valence-electron chi connectivity index (χ0n) is 11.5. The monoisotopic (exact) mass is 402 g/mol. The van der Waals surface area contributed by atoms with Gasteiger partial charge in [-0.25, -0.2) is 4.98 Å². The smallest absolute Gasteiger partial charge is 0.234 e. The lowest BCUT2D eigenvalue weighted by molar-refractivity contribution is -0.113. The summed E-state index contributed by atoms with van der Waals surface area (Å²) in [5.74, 6) is 0.0866. The third-order valence-corrected chi connectivity index (χ3v) is 5.82. The Bertz CT molecular complexity index is 882. The lowest BCUT2D eigenvalue weighted by Crippen LogP contribution is -2.14. The summed E-state index contributed by atoms with van der Waals surface area (Å²) < 4.78 is 1.86. The van der Waals surface area contributed by atoms with Crippen molar-refractivity contribution in [3.63, 3.8) is 0 Å². The number of amides is 1. The summed E-state index contributed by atoms with van der Waals surface area (Å²) in [7, 11) is 0. The summed E-state index contributed by atoms with van der Waals surface area (Å²) in [6.07, 6.45) is 0. The number of halogens is 3. The SMILES string of the molecule is O=C(CSc1nc2cc(Cl)ccc2s1)Nc1ccc(Cl)cc1Cl. The Morgan fingerprint density at radius 1 is 1.13 bits per heavy atom. The van der Waals surface area contributed by atoms with Gasteiger partial charge < -0.3 is 5.32 Å². The van der Waals surface area contributed by atoms with Crippen molar-refractivity contribution in [1.82, 2.24) is 4.98 Å². The molecule has 0 aliphatic rings. The number of thioether (sulfide) groups is 1. The highest BCUT2D eigenvalue weighted by Crippen LogP contribution is 2.31. The number of rotatable bonds is 4. The van der Waals surface area contributed by atoms with Gasteiger partial charge in [-0.15, -0.1) is 11.3 Å². The molecule has 3 nitrogen and oxygen atoms in total. The number of fused-ring (bicyclic) bond motifs is 1. The predicted octanol–water partition coefficient (Wildman–Crippen LogP) is 5.99. The predicted molar refractivity (Wildman–Crippen MR) is 100 cm³/mol. The van der Waals surface area contributed by atoms with Gasteiger partial charge in [0.25, 0.3) is 0 Å². The zero-order valence-corrected chi connectivity index (χ0v) is 15.4. The molecule has 2 aromatic carbocycles. The van der Waals surface area contributed by atoms with E-state index in [0.29, 0.717) is 20.8 Å². The molecule has 0 spiro atoms. The molecule has 1 amide bonds. The number of hydrogen-bond acceptors (Lipinski definition) is 4. The van der Waals surface area contributed by atoms with Crippen molar-refractivity contribution in [1.29, 1.82) is 0 Å². The van der Waals surface area contributed by atoms with Crippen molar-refractivity contribution in [3.05, 3.63) is 51.5 Å². The number of thiazole rings is 1. The molecule has 0 saturated carbocycles. The number of nitrogens with zero attached hydrogens (tertiary/aromatic N) is 1. The molecule has 0 aliphatic heterocycles. The van der Waals surface area contributed by atoms with Crippen LogP contribution in [-0.2, 0) is 4.79 Å². The second-order valence-electron chi connectivity index (χ2n) is 4.55. The molecule has 3 aromatic rings. The second-order valence-corrected chi connectivity index (χ2v) is 8.09.